The Kier molecular flexibility index (Phi) is 7.38. The zero-order chi connectivity index (χ0) is 16.7. The van der Waals surface area contributed by atoms with Crippen LogP contribution in [0.5, 0.6) is 0 Å². The van der Waals surface area contributed by atoms with Crippen LogP contribution in [-0.4, -0.2) is 41.9 Å². The van der Waals surface area contributed by atoms with Crippen molar-refractivity contribution in [2.75, 3.05) is 26.2 Å². The van der Waals surface area contributed by atoms with Gasteiger partial charge in [0.25, 0.3) is 0 Å². The van der Waals surface area contributed by atoms with E-state index in [1.807, 2.05) is 29.2 Å². The van der Waals surface area contributed by atoms with Crippen LogP contribution in [0.1, 0.15) is 45.1 Å². The summed E-state index contributed by atoms with van der Waals surface area (Å²) in [6.45, 7) is 9.20. The normalized spacial score (nSPS) is 16.5. The van der Waals surface area contributed by atoms with Gasteiger partial charge in [0.1, 0.15) is 0 Å². The van der Waals surface area contributed by atoms with Crippen molar-refractivity contribution in [2.24, 2.45) is 5.92 Å². The fourth-order valence-corrected chi connectivity index (χ4v) is 3.15. The first-order chi connectivity index (χ1) is 11.1. The highest BCUT2D eigenvalue weighted by molar-refractivity contribution is 6.30. The van der Waals surface area contributed by atoms with Crippen molar-refractivity contribution < 1.29 is 4.79 Å². The summed E-state index contributed by atoms with van der Waals surface area (Å²) < 4.78 is 0. The molecule has 4 heteroatoms. The van der Waals surface area contributed by atoms with E-state index in [4.69, 9.17) is 11.6 Å². The molecule has 0 atom stereocenters. The van der Waals surface area contributed by atoms with Crippen molar-refractivity contribution in [1.29, 1.82) is 0 Å². The maximum atomic E-state index is 12.4. The van der Waals surface area contributed by atoms with Gasteiger partial charge in [0.2, 0.25) is 5.91 Å². The summed E-state index contributed by atoms with van der Waals surface area (Å²) in [5.74, 6) is 1.10. The standard InChI is InChI=1S/C19H29ClN2O/c1-3-4-19(23)22(15-17-5-7-18(20)8-6-17)14-13-21-11-9-16(2)10-12-21/h5-8,16H,3-4,9-15H2,1-2H3. The minimum Gasteiger partial charge on any atom is -0.337 e. The molecule has 2 rings (SSSR count). The molecule has 1 heterocycles. The monoisotopic (exact) mass is 336 g/mol. The average molecular weight is 337 g/mol. The van der Waals surface area contributed by atoms with Crippen LogP contribution in [0.25, 0.3) is 0 Å². The number of benzene rings is 1. The predicted molar refractivity (Wildman–Crippen MR) is 96.6 cm³/mol. The van der Waals surface area contributed by atoms with E-state index >= 15 is 0 Å². The topological polar surface area (TPSA) is 23.6 Å². The highest BCUT2D eigenvalue weighted by Crippen LogP contribution is 2.16. The number of rotatable bonds is 7. The van der Waals surface area contributed by atoms with Crippen LogP contribution in [0.15, 0.2) is 24.3 Å². The molecule has 0 aromatic heterocycles. The number of piperidine rings is 1. The van der Waals surface area contributed by atoms with Gasteiger partial charge in [-0.25, -0.2) is 0 Å². The SMILES string of the molecule is CCCC(=O)N(CCN1CCC(C)CC1)Cc1ccc(Cl)cc1. The molecular formula is C19H29ClN2O. The molecule has 0 unspecified atom stereocenters. The molecule has 1 fully saturated rings. The maximum Gasteiger partial charge on any atom is 0.222 e. The Labute approximate surface area is 145 Å². The van der Waals surface area contributed by atoms with Crippen LogP contribution in [0.4, 0.5) is 0 Å². The molecule has 1 saturated heterocycles. The van der Waals surface area contributed by atoms with E-state index in [0.717, 1.165) is 49.1 Å². The maximum absolute atomic E-state index is 12.4. The van der Waals surface area contributed by atoms with Crippen molar-refractivity contribution in [1.82, 2.24) is 9.80 Å². The molecule has 1 aliphatic heterocycles. The molecule has 1 aliphatic rings. The molecule has 3 nitrogen and oxygen atoms in total. The summed E-state index contributed by atoms with van der Waals surface area (Å²) >= 11 is 5.95. The minimum absolute atomic E-state index is 0.257. The highest BCUT2D eigenvalue weighted by atomic mass is 35.5. The Morgan fingerprint density at radius 2 is 1.91 bits per heavy atom. The molecule has 0 saturated carbocycles. The lowest BCUT2D eigenvalue weighted by Gasteiger charge is -2.32. The number of amides is 1. The Hall–Kier alpha value is -1.06. The molecular weight excluding hydrogens is 308 g/mol. The number of halogens is 1. The molecule has 128 valence electrons. The first-order valence-corrected chi connectivity index (χ1v) is 9.21. The number of hydrogen-bond donors (Lipinski definition) is 0. The van der Waals surface area contributed by atoms with E-state index < -0.39 is 0 Å². The molecule has 0 aliphatic carbocycles. The molecule has 0 spiro atoms. The molecule has 1 aromatic carbocycles. The lowest BCUT2D eigenvalue weighted by molar-refractivity contribution is -0.132. The summed E-state index contributed by atoms with van der Waals surface area (Å²) in [6.07, 6.45) is 4.09. The van der Waals surface area contributed by atoms with Crippen LogP contribution in [0.3, 0.4) is 0 Å². The minimum atomic E-state index is 0.257. The van der Waals surface area contributed by atoms with Crippen LogP contribution in [0.2, 0.25) is 5.02 Å². The van der Waals surface area contributed by atoms with Gasteiger partial charge in [-0.05, 0) is 56.0 Å². The van der Waals surface area contributed by atoms with Crippen LogP contribution < -0.4 is 0 Å². The summed E-state index contributed by atoms with van der Waals surface area (Å²) in [5, 5.41) is 0.739. The number of carbonyl (C=O) groups is 1. The third-order valence-corrected chi connectivity index (χ3v) is 4.92. The van der Waals surface area contributed by atoms with Gasteiger partial charge in [0.15, 0.2) is 0 Å². The van der Waals surface area contributed by atoms with E-state index in [9.17, 15) is 4.79 Å². The average Bonchev–Trinajstić information content (AvgIpc) is 2.55. The van der Waals surface area contributed by atoms with Gasteiger partial charge < -0.3 is 9.80 Å². The summed E-state index contributed by atoms with van der Waals surface area (Å²) in [6, 6.07) is 7.81. The largest absolute Gasteiger partial charge is 0.337 e. The van der Waals surface area contributed by atoms with Crippen LogP contribution in [0, 0.1) is 5.92 Å². The number of likely N-dealkylation sites (tertiary alicyclic amines) is 1. The lowest BCUT2D eigenvalue weighted by Crippen LogP contribution is -2.41. The highest BCUT2D eigenvalue weighted by Gasteiger charge is 2.18. The third-order valence-electron chi connectivity index (χ3n) is 4.67. The van der Waals surface area contributed by atoms with Gasteiger partial charge in [-0.15, -0.1) is 0 Å². The Balaban J connectivity index is 1.91. The van der Waals surface area contributed by atoms with E-state index in [2.05, 4.69) is 18.7 Å². The zero-order valence-corrected chi connectivity index (χ0v) is 15.2. The van der Waals surface area contributed by atoms with Crippen LogP contribution in [-0.2, 0) is 11.3 Å². The molecule has 23 heavy (non-hydrogen) atoms. The summed E-state index contributed by atoms with van der Waals surface area (Å²) in [4.78, 5) is 16.9. The van der Waals surface area contributed by atoms with Crippen molar-refractivity contribution in [3.63, 3.8) is 0 Å². The molecule has 1 amide bonds. The first-order valence-electron chi connectivity index (χ1n) is 8.83. The summed E-state index contributed by atoms with van der Waals surface area (Å²) in [5.41, 5.74) is 1.14. The Morgan fingerprint density at radius 3 is 2.52 bits per heavy atom. The second kappa shape index (κ2) is 9.29. The number of hydrogen-bond acceptors (Lipinski definition) is 2. The quantitative estimate of drug-likeness (QED) is 0.745. The predicted octanol–water partition coefficient (Wildman–Crippen LogP) is 4.20. The molecule has 0 bridgehead atoms. The van der Waals surface area contributed by atoms with E-state index in [-0.39, 0.29) is 5.91 Å². The van der Waals surface area contributed by atoms with E-state index in [1.54, 1.807) is 0 Å². The van der Waals surface area contributed by atoms with Crippen molar-refractivity contribution in [3.05, 3.63) is 34.9 Å². The Bertz CT molecular complexity index is 481. The Morgan fingerprint density at radius 1 is 1.26 bits per heavy atom. The smallest absolute Gasteiger partial charge is 0.222 e. The number of carbonyl (C=O) groups excluding carboxylic acids is 1. The van der Waals surface area contributed by atoms with Gasteiger partial charge in [-0.2, -0.15) is 0 Å². The van der Waals surface area contributed by atoms with E-state index in [1.165, 1.54) is 12.8 Å². The molecule has 1 aromatic rings. The molecule has 0 radical (unpaired) electrons. The van der Waals surface area contributed by atoms with Gasteiger partial charge in [0.05, 0.1) is 0 Å². The van der Waals surface area contributed by atoms with Crippen molar-refractivity contribution in [3.8, 4) is 0 Å². The fraction of sp³-hybridized carbons (Fsp3) is 0.632. The van der Waals surface area contributed by atoms with Crippen molar-refractivity contribution in [2.45, 2.75) is 46.1 Å². The van der Waals surface area contributed by atoms with Gasteiger partial charge in [-0.1, -0.05) is 37.6 Å². The fourth-order valence-electron chi connectivity index (χ4n) is 3.02. The van der Waals surface area contributed by atoms with Crippen molar-refractivity contribution >= 4 is 17.5 Å². The zero-order valence-electron chi connectivity index (χ0n) is 14.4. The van der Waals surface area contributed by atoms with Gasteiger partial charge in [0, 0.05) is 31.1 Å². The van der Waals surface area contributed by atoms with E-state index in [0.29, 0.717) is 13.0 Å². The second-order valence-corrected chi connectivity index (χ2v) is 7.15. The lowest BCUT2D eigenvalue weighted by atomic mass is 9.99. The second-order valence-electron chi connectivity index (χ2n) is 6.72. The van der Waals surface area contributed by atoms with Gasteiger partial charge in [-0.3, -0.25) is 4.79 Å². The van der Waals surface area contributed by atoms with Gasteiger partial charge >= 0.3 is 0 Å². The van der Waals surface area contributed by atoms with Crippen LogP contribution >= 0.6 is 11.6 Å². The number of nitrogens with zero attached hydrogens (tertiary/aromatic N) is 2. The first kappa shape index (κ1) is 18.3. The summed E-state index contributed by atoms with van der Waals surface area (Å²) in [7, 11) is 0. The third kappa shape index (κ3) is 6.15. The molecule has 0 N–H and O–H groups in total.